The molecule has 1 N–H and O–H groups in total. The molecule has 2 aromatic carbocycles. The molecule has 0 saturated carbocycles. The lowest BCUT2D eigenvalue weighted by atomic mass is 9.88. The first kappa shape index (κ1) is 24.6. The summed E-state index contributed by atoms with van der Waals surface area (Å²) in [6.45, 7) is 3.92. The number of aryl methyl sites for hydroxylation is 2. The molecule has 6 heterocycles. The average molecular weight is 500 g/mol. The van der Waals surface area contributed by atoms with Crippen LogP contribution in [0.2, 0.25) is 0 Å². The minimum Gasteiger partial charge on any atom is -0.481 e. The van der Waals surface area contributed by atoms with Crippen LogP contribution in [-0.4, -0.2) is 55.5 Å². The Bertz CT molecular complexity index is 1450. The van der Waals surface area contributed by atoms with Gasteiger partial charge in [-0.1, -0.05) is 29.5 Å². The van der Waals surface area contributed by atoms with Crippen molar-refractivity contribution >= 4 is 22.9 Å². The van der Waals surface area contributed by atoms with E-state index < -0.39 is 11.9 Å². The van der Waals surface area contributed by atoms with Gasteiger partial charge >= 0.3 is 5.97 Å². The Hall–Kier alpha value is -4.11. The summed E-state index contributed by atoms with van der Waals surface area (Å²) in [6, 6.07) is 16.9. The number of pyridine rings is 1. The predicted octanol–water partition coefficient (Wildman–Crippen LogP) is 3.93. The van der Waals surface area contributed by atoms with Gasteiger partial charge in [0.15, 0.2) is 0 Å². The average Bonchev–Trinajstić information content (AvgIpc) is 3.31. The Labute approximate surface area is 214 Å². The van der Waals surface area contributed by atoms with Crippen LogP contribution >= 0.6 is 0 Å². The van der Waals surface area contributed by atoms with Crippen LogP contribution in [0.25, 0.3) is 11.0 Å². The number of carboxylic acids is 1. The molecular weight excluding hydrogens is 470 g/mol. The van der Waals surface area contributed by atoms with Gasteiger partial charge in [0.1, 0.15) is 5.52 Å². The molecular formula is C28H29N5O4. The SMILES string of the molecule is Cc1c2ccc3c1nnn3CCCOCc1ccc(cc1)C(=O)N(C)Cc1cccc(n1)[C@@H]2CC(=O)O. The largest absolute Gasteiger partial charge is 0.481 e. The zero-order valence-electron chi connectivity index (χ0n) is 20.9. The van der Waals surface area contributed by atoms with Crippen molar-refractivity contribution in [1.29, 1.82) is 0 Å². The van der Waals surface area contributed by atoms with Crippen molar-refractivity contribution in [3.05, 3.63) is 88.2 Å². The molecule has 9 heteroatoms. The Morgan fingerprint density at radius 3 is 2.73 bits per heavy atom. The van der Waals surface area contributed by atoms with Gasteiger partial charge in [-0.2, -0.15) is 0 Å². The van der Waals surface area contributed by atoms with Crippen LogP contribution in [0.3, 0.4) is 0 Å². The molecule has 0 radical (unpaired) electrons. The van der Waals surface area contributed by atoms with Crippen molar-refractivity contribution in [3.8, 4) is 0 Å². The van der Waals surface area contributed by atoms with Gasteiger partial charge in [0, 0.05) is 37.4 Å². The molecule has 0 saturated heterocycles. The van der Waals surface area contributed by atoms with Gasteiger partial charge in [-0.15, -0.1) is 5.10 Å². The summed E-state index contributed by atoms with van der Waals surface area (Å²) in [5, 5.41) is 18.5. The predicted molar refractivity (Wildman–Crippen MR) is 137 cm³/mol. The first-order valence-electron chi connectivity index (χ1n) is 12.3. The molecule has 0 fully saturated rings. The Morgan fingerprint density at radius 1 is 1.14 bits per heavy atom. The molecule has 4 aromatic rings. The number of carboxylic acid groups (broad SMARTS) is 1. The van der Waals surface area contributed by atoms with E-state index in [1.807, 2.05) is 66.2 Å². The van der Waals surface area contributed by atoms with Crippen molar-refractivity contribution < 1.29 is 19.4 Å². The quantitative estimate of drug-likeness (QED) is 0.445. The van der Waals surface area contributed by atoms with E-state index in [-0.39, 0.29) is 12.3 Å². The third-order valence-corrected chi connectivity index (χ3v) is 6.80. The number of hydrogen-bond acceptors (Lipinski definition) is 6. The zero-order chi connectivity index (χ0) is 25.9. The Morgan fingerprint density at radius 2 is 1.95 bits per heavy atom. The minimum atomic E-state index is -0.915. The monoisotopic (exact) mass is 499 g/mol. The number of ether oxygens (including phenoxy) is 1. The molecule has 4 aliphatic rings. The van der Waals surface area contributed by atoms with E-state index in [1.54, 1.807) is 11.9 Å². The topological polar surface area (TPSA) is 110 Å². The number of aliphatic carboxylic acids is 1. The molecule has 4 aliphatic heterocycles. The van der Waals surface area contributed by atoms with Gasteiger partial charge in [0.25, 0.3) is 5.91 Å². The van der Waals surface area contributed by atoms with Crippen LogP contribution in [0, 0.1) is 6.92 Å². The number of nitrogens with zero attached hydrogens (tertiary/aromatic N) is 5. The molecule has 1 atom stereocenters. The van der Waals surface area contributed by atoms with Crippen molar-refractivity contribution in [1.82, 2.24) is 24.9 Å². The van der Waals surface area contributed by atoms with Crippen LogP contribution in [0.5, 0.6) is 0 Å². The molecule has 2 aromatic heterocycles. The lowest BCUT2D eigenvalue weighted by Crippen LogP contribution is -2.27. The first-order chi connectivity index (χ1) is 17.9. The molecule has 8 bridgehead atoms. The fraction of sp³-hybridized carbons (Fsp3) is 0.321. The number of carbonyl (C=O) groups is 2. The molecule has 0 unspecified atom stereocenters. The molecule has 9 nitrogen and oxygen atoms in total. The Kier molecular flexibility index (Phi) is 6.96. The van der Waals surface area contributed by atoms with Crippen LogP contribution in [0.4, 0.5) is 0 Å². The van der Waals surface area contributed by atoms with Crippen LogP contribution in [-0.2, 0) is 29.2 Å². The molecule has 37 heavy (non-hydrogen) atoms. The van der Waals surface area contributed by atoms with E-state index in [2.05, 4.69) is 10.3 Å². The maximum Gasteiger partial charge on any atom is 0.304 e. The molecule has 190 valence electrons. The molecule has 1 amide bonds. The number of aromatic nitrogens is 4. The zero-order valence-corrected chi connectivity index (χ0v) is 20.9. The van der Waals surface area contributed by atoms with Gasteiger partial charge in [0.05, 0.1) is 30.8 Å². The maximum atomic E-state index is 13.0. The van der Waals surface area contributed by atoms with Gasteiger partial charge in [-0.25, -0.2) is 4.68 Å². The van der Waals surface area contributed by atoms with E-state index in [0.717, 1.165) is 34.1 Å². The van der Waals surface area contributed by atoms with Crippen molar-refractivity contribution in [2.45, 2.75) is 45.4 Å². The lowest BCUT2D eigenvalue weighted by molar-refractivity contribution is -0.137. The van der Waals surface area contributed by atoms with Crippen molar-refractivity contribution in [3.63, 3.8) is 0 Å². The summed E-state index contributed by atoms with van der Waals surface area (Å²) in [5.74, 6) is -1.50. The van der Waals surface area contributed by atoms with Gasteiger partial charge < -0.3 is 14.7 Å². The second-order valence-corrected chi connectivity index (χ2v) is 9.43. The normalized spacial score (nSPS) is 16.9. The molecule has 0 aliphatic carbocycles. The second kappa shape index (κ2) is 10.5. The number of hydrogen-bond donors (Lipinski definition) is 1. The highest BCUT2D eigenvalue weighted by molar-refractivity contribution is 5.94. The van der Waals surface area contributed by atoms with Gasteiger partial charge in [0.2, 0.25) is 0 Å². The number of rotatable bonds is 2. The highest BCUT2D eigenvalue weighted by Crippen LogP contribution is 2.33. The van der Waals surface area contributed by atoms with E-state index in [9.17, 15) is 14.7 Å². The summed E-state index contributed by atoms with van der Waals surface area (Å²) in [4.78, 5) is 31.3. The second-order valence-electron chi connectivity index (χ2n) is 9.43. The summed E-state index contributed by atoms with van der Waals surface area (Å²) in [7, 11) is 1.74. The maximum absolute atomic E-state index is 13.0. The summed E-state index contributed by atoms with van der Waals surface area (Å²) < 4.78 is 7.70. The smallest absolute Gasteiger partial charge is 0.304 e. The highest BCUT2D eigenvalue weighted by atomic mass is 16.5. The minimum absolute atomic E-state index is 0.115. The highest BCUT2D eigenvalue weighted by Gasteiger charge is 2.24. The fourth-order valence-electron chi connectivity index (χ4n) is 4.84. The third kappa shape index (κ3) is 5.22. The Balaban J connectivity index is 1.57. The van der Waals surface area contributed by atoms with E-state index in [1.165, 1.54) is 0 Å². The molecule has 0 spiro atoms. The van der Waals surface area contributed by atoms with Gasteiger partial charge in [-0.05, 0) is 60.4 Å². The van der Waals surface area contributed by atoms with Crippen LogP contribution in [0.1, 0.15) is 57.2 Å². The summed E-state index contributed by atoms with van der Waals surface area (Å²) in [5.41, 5.74) is 6.30. The first-order valence-corrected chi connectivity index (χ1v) is 12.3. The number of benzene rings is 2. The number of amides is 1. The van der Waals surface area contributed by atoms with E-state index in [4.69, 9.17) is 9.72 Å². The third-order valence-electron chi connectivity index (χ3n) is 6.80. The fourth-order valence-corrected chi connectivity index (χ4v) is 4.84. The van der Waals surface area contributed by atoms with Crippen molar-refractivity contribution in [2.24, 2.45) is 0 Å². The van der Waals surface area contributed by atoms with Gasteiger partial charge in [-0.3, -0.25) is 14.6 Å². The standard InChI is InChI=1S/C28H29N5O4/c1-18-22-11-12-25-27(18)30-31-33(25)13-4-14-37-17-19-7-9-20(10-8-19)28(36)32(2)16-21-5-3-6-24(29-21)23(22)15-26(34)35/h3,5-12,23H,4,13-17H2,1-2H3,(H,34,35)/t23-/m1/s1. The van der Waals surface area contributed by atoms with E-state index >= 15 is 0 Å². The van der Waals surface area contributed by atoms with Crippen LogP contribution < -0.4 is 0 Å². The lowest BCUT2D eigenvalue weighted by Gasteiger charge is -2.20. The summed E-state index contributed by atoms with van der Waals surface area (Å²) >= 11 is 0. The van der Waals surface area contributed by atoms with Crippen LogP contribution in [0.15, 0.2) is 54.6 Å². The van der Waals surface area contributed by atoms with E-state index in [0.29, 0.717) is 43.3 Å². The van der Waals surface area contributed by atoms with Crippen molar-refractivity contribution in [2.75, 3.05) is 13.7 Å². The molecule has 8 rings (SSSR count). The summed E-state index contributed by atoms with van der Waals surface area (Å²) in [6.07, 6.45) is 0.647. The number of carbonyl (C=O) groups excluding carboxylic acids is 1.